The van der Waals surface area contributed by atoms with Crippen molar-refractivity contribution in [2.75, 3.05) is 6.54 Å². The summed E-state index contributed by atoms with van der Waals surface area (Å²) in [4.78, 5) is 4.05. The van der Waals surface area contributed by atoms with Gasteiger partial charge in [-0.2, -0.15) is 0 Å². The molecule has 0 bridgehead atoms. The summed E-state index contributed by atoms with van der Waals surface area (Å²) in [6.07, 6.45) is 4.41. The summed E-state index contributed by atoms with van der Waals surface area (Å²) in [6.45, 7) is 2.64. The molecule has 2 aromatic rings. The molecule has 1 atom stereocenters. The van der Waals surface area contributed by atoms with Crippen molar-refractivity contribution in [3.63, 3.8) is 0 Å². The minimum atomic E-state index is -0.339. The molecule has 3 nitrogen and oxygen atoms in total. The molecule has 2 rings (SSSR count). The number of hydrogen-bond donors (Lipinski definition) is 2. The van der Waals surface area contributed by atoms with Gasteiger partial charge in [-0.1, -0.05) is 6.07 Å². The number of phenolic OH excluding ortho intramolecular Hbond substituents is 1. The molecule has 0 saturated carbocycles. The minimum absolute atomic E-state index is 0.104. The van der Waals surface area contributed by atoms with E-state index < -0.39 is 0 Å². The van der Waals surface area contributed by atoms with Crippen LogP contribution in [0.2, 0.25) is 0 Å². The average molecular weight is 260 g/mol. The molecular weight excluding hydrogens is 243 g/mol. The first-order chi connectivity index (χ1) is 9.16. The van der Waals surface area contributed by atoms with Crippen molar-refractivity contribution in [3.05, 3.63) is 59.7 Å². The summed E-state index contributed by atoms with van der Waals surface area (Å²) in [5.41, 5.74) is 1.72. The molecule has 4 heteroatoms. The zero-order valence-electron chi connectivity index (χ0n) is 10.8. The Kier molecular flexibility index (Phi) is 4.47. The Hall–Kier alpha value is -1.94. The van der Waals surface area contributed by atoms with Gasteiger partial charge in [-0.25, -0.2) is 4.39 Å². The van der Waals surface area contributed by atoms with Crippen LogP contribution in [0, 0.1) is 5.82 Å². The molecule has 0 spiro atoms. The quantitative estimate of drug-likeness (QED) is 0.869. The second kappa shape index (κ2) is 6.29. The standard InChI is InChI=1S/C15H17FN2O/c1-11(14-9-13(16)4-5-15(14)19)18-8-6-12-3-2-7-17-10-12/h2-5,7,9-11,18-19H,6,8H2,1H3. The van der Waals surface area contributed by atoms with Gasteiger partial charge in [0.2, 0.25) is 0 Å². The number of hydrogen-bond acceptors (Lipinski definition) is 3. The molecule has 0 aliphatic rings. The number of nitrogens with zero attached hydrogens (tertiary/aromatic N) is 1. The molecule has 1 aromatic heterocycles. The summed E-state index contributed by atoms with van der Waals surface area (Å²) in [5, 5.41) is 13.0. The SMILES string of the molecule is CC(NCCc1cccnc1)c1cc(F)ccc1O. The predicted octanol–water partition coefficient (Wildman–Crippen LogP) is 2.82. The average Bonchev–Trinajstić information content (AvgIpc) is 2.42. The monoisotopic (exact) mass is 260 g/mol. The van der Waals surface area contributed by atoms with Gasteiger partial charge < -0.3 is 10.4 Å². The van der Waals surface area contributed by atoms with Crippen molar-refractivity contribution >= 4 is 0 Å². The van der Waals surface area contributed by atoms with Crippen LogP contribution in [0.1, 0.15) is 24.1 Å². The predicted molar refractivity (Wildman–Crippen MR) is 72.4 cm³/mol. The molecule has 1 aromatic carbocycles. The van der Waals surface area contributed by atoms with Gasteiger partial charge in [0.25, 0.3) is 0 Å². The van der Waals surface area contributed by atoms with Crippen LogP contribution in [0.25, 0.3) is 0 Å². The van der Waals surface area contributed by atoms with E-state index in [9.17, 15) is 9.50 Å². The summed E-state index contributed by atoms with van der Waals surface area (Å²) < 4.78 is 13.1. The highest BCUT2D eigenvalue weighted by Gasteiger charge is 2.10. The fourth-order valence-electron chi connectivity index (χ4n) is 1.96. The molecule has 100 valence electrons. The summed E-state index contributed by atoms with van der Waals surface area (Å²) in [7, 11) is 0. The smallest absolute Gasteiger partial charge is 0.123 e. The van der Waals surface area contributed by atoms with Gasteiger partial charge in [-0.15, -0.1) is 0 Å². The Labute approximate surface area is 112 Å². The van der Waals surface area contributed by atoms with Crippen LogP contribution in [0.4, 0.5) is 4.39 Å². The highest BCUT2D eigenvalue weighted by atomic mass is 19.1. The molecule has 0 amide bonds. The van der Waals surface area contributed by atoms with Crippen molar-refractivity contribution in [2.45, 2.75) is 19.4 Å². The van der Waals surface area contributed by atoms with E-state index in [4.69, 9.17) is 0 Å². The van der Waals surface area contributed by atoms with Gasteiger partial charge in [0, 0.05) is 24.0 Å². The Morgan fingerprint density at radius 2 is 2.21 bits per heavy atom. The number of rotatable bonds is 5. The molecule has 1 unspecified atom stereocenters. The maximum atomic E-state index is 13.1. The number of phenols is 1. The molecule has 0 saturated heterocycles. The number of benzene rings is 1. The number of aromatic nitrogens is 1. The van der Waals surface area contributed by atoms with Crippen molar-refractivity contribution < 1.29 is 9.50 Å². The third kappa shape index (κ3) is 3.76. The zero-order chi connectivity index (χ0) is 13.7. The van der Waals surface area contributed by atoms with Crippen LogP contribution in [-0.4, -0.2) is 16.6 Å². The van der Waals surface area contributed by atoms with Crippen LogP contribution < -0.4 is 5.32 Å². The molecular formula is C15H17FN2O. The first-order valence-electron chi connectivity index (χ1n) is 6.27. The number of pyridine rings is 1. The second-order valence-electron chi connectivity index (χ2n) is 4.49. The van der Waals surface area contributed by atoms with E-state index in [1.807, 2.05) is 25.3 Å². The van der Waals surface area contributed by atoms with Crippen molar-refractivity contribution in [3.8, 4) is 5.75 Å². The maximum absolute atomic E-state index is 13.1. The highest BCUT2D eigenvalue weighted by molar-refractivity contribution is 5.34. The van der Waals surface area contributed by atoms with E-state index in [1.165, 1.54) is 18.2 Å². The van der Waals surface area contributed by atoms with Gasteiger partial charge in [-0.05, 0) is 49.7 Å². The molecule has 1 heterocycles. The van der Waals surface area contributed by atoms with Crippen molar-refractivity contribution in [1.82, 2.24) is 10.3 Å². The summed E-state index contributed by atoms with van der Waals surface area (Å²) in [6, 6.07) is 7.80. The highest BCUT2D eigenvalue weighted by Crippen LogP contribution is 2.24. The number of halogens is 1. The lowest BCUT2D eigenvalue weighted by molar-refractivity contribution is 0.450. The molecule has 19 heavy (non-hydrogen) atoms. The van der Waals surface area contributed by atoms with Crippen LogP contribution in [0.3, 0.4) is 0 Å². The Morgan fingerprint density at radius 1 is 1.37 bits per heavy atom. The largest absolute Gasteiger partial charge is 0.508 e. The molecule has 0 radical (unpaired) electrons. The Morgan fingerprint density at radius 3 is 2.95 bits per heavy atom. The molecule has 0 fully saturated rings. The lowest BCUT2D eigenvalue weighted by Gasteiger charge is -2.15. The van der Waals surface area contributed by atoms with Gasteiger partial charge in [0.05, 0.1) is 0 Å². The van der Waals surface area contributed by atoms with Crippen molar-refractivity contribution in [1.29, 1.82) is 0 Å². The summed E-state index contributed by atoms with van der Waals surface area (Å²) >= 11 is 0. The van der Waals surface area contributed by atoms with Gasteiger partial charge in [-0.3, -0.25) is 4.98 Å². The van der Waals surface area contributed by atoms with Crippen molar-refractivity contribution in [2.24, 2.45) is 0 Å². The fraction of sp³-hybridized carbons (Fsp3) is 0.267. The Bertz CT molecular complexity index is 531. The molecule has 0 aliphatic heterocycles. The second-order valence-corrected chi connectivity index (χ2v) is 4.49. The summed E-state index contributed by atoms with van der Waals surface area (Å²) in [5.74, 6) is -0.225. The van der Waals surface area contributed by atoms with E-state index >= 15 is 0 Å². The topological polar surface area (TPSA) is 45.2 Å². The fourth-order valence-corrected chi connectivity index (χ4v) is 1.96. The first kappa shape index (κ1) is 13.5. The van der Waals surface area contributed by atoms with E-state index in [2.05, 4.69) is 10.3 Å². The third-order valence-electron chi connectivity index (χ3n) is 3.04. The van der Waals surface area contributed by atoms with E-state index in [0.717, 1.165) is 18.5 Å². The first-order valence-corrected chi connectivity index (χ1v) is 6.27. The lowest BCUT2D eigenvalue weighted by Crippen LogP contribution is -2.21. The van der Waals surface area contributed by atoms with Crippen LogP contribution in [0.5, 0.6) is 5.75 Å². The zero-order valence-corrected chi connectivity index (χ0v) is 10.8. The molecule has 0 aliphatic carbocycles. The third-order valence-corrected chi connectivity index (χ3v) is 3.04. The van der Waals surface area contributed by atoms with E-state index in [1.54, 1.807) is 6.20 Å². The minimum Gasteiger partial charge on any atom is -0.508 e. The van der Waals surface area contributed by atoms with Crippen LogP contribution in [-0.2, 0) is 6.42 Å². The van der Waals surface area contributed by atoms with E-state index in [0.29, 0.717) is 5.56 Å². The Balaban J connectivity index is 1.91. The number of nitrogens with one attached hydrogen (secondary N) is 1. The van der Waals surface area contributed by atoms with Gasteiger partial charge >= 0.3 is 0 Å². The molecule has 2 N–H and O–H groups in total. The van der Waals surface area contributed by atoms with Crippen LogP contribution in [0.15, 0.2) is 42.7 Å². The van der Waals surface area contributed by atoms with E-state index in [-0.39, 0.29) is 17.6 Å². The maximum Gasteiger partial charge on any atom is 0.123 e. The van der Waals surface area contributed by atoms with Gasteiger partial charge in [0.1, 0.15) is 11.6 Å². The number of aromatic hydroxyl groups is 1. The normalized spacial score (nSPS) is 12.3. The lowest BCUT2D eigenvalue weighted by atomic mass is 10.1. The van der Waals surface area contributed by atoms with Gasteiger partial charge in [0.15, 0.2) is 0 Å². The van der Waals surface area contributed by atoms with Crippen LogP contribution >= 0.6 is 0 Å².